The molecule has 5 rings (SSSR count). The van der Waals surface area contributed by atoms with E-state index in [1.165, 1.54) is 16.7 Å². The largest absolute Gasteiger partial charge is 0.497 e. The highest BCUT2D eigenvalue weighted by molar-refractivity contribution is 5.69. The molecular formula is C28H34O4. The molecule has 1 aliphatic heterocycles. The van der Waals surface area contributed by atoms with Crippen LogP contribution in [0.2, 0.25) is 0 Å². The van der Waals surface area contributed by atoms with Crippen molar-refractivity contribution in [2.24, 2.45) is 5.92 Å². The summed E-state index contributed by atoms with van der Waals surface area (Å²) in [4.78, 5) is 0. The molecule has 4 heteroatoms. The molecule has 2 aliphatic carbocycles. The van der Waals surface area contributed by atoms with E-state index < -0.39 is 0 Å². The van der Waals surface area contributed by atoms with E-state index in [2.05, 4.69) is 49.4 Å². The van der Waals surface area contributed by atoms with Crippen molar-refractivity contribution in [3.8, 4) is 5.75 Å². The predicted molar refractivity (Wildman–Crippen MR) is 126 cm³/mol. The van der Waals surface area contributed by atoms with Crippen LogP contribution in [-0.4, -0.2) is 32.7 Å². The fourth-order valence-corrected chi connectivity index (χ4v) is 5.78. The summed E-state index contributed by atoms with van der Waals surface area (Å²) < 4.78 is 23.4. The van der Waals surface area contributed by atoms with Crippen LogP contribution in [0.1, 0.15) is 55.7 Å². The minimum atomic E-state index is -0.332. The van der Waals surface area contributed by atoms with Crippen molar-refractivity contribution in [3.63, 3.8) is 0 Å². The zero-order valence-electron chi connectivity index (χ0n) is 19.3. The van der Waals surface area contributed by atoms with E-state index in [0.717, 1.165) is 57.7 Å². The molecule has 4 nitrogen and oxygen atoms in total. The number of benzene rings is 2. The first-order valence-corrected chi connectivity index (χ1v) is 11.9. The van der Waals surface area contributed by atoms with Crippen LogP contribution in [0, 0.1) is 5.92 Å². The summed E-state index contributed by atoms with van der Waals surface area (Å²) in [5.41, 5.74) is 5.75. The zero-order valence-corrected chi connectivity index (χ0v) is 19.3. The summed E-state index contributed by atoms with van der Waals surface area (Å²) in [6, 6.07) is 17.0. The van der Waals surface area contributed by atoms with E-state index >= 15 is 0 Å². The molecule has 0 aromatic heterocycles. The Kier molecular flexibility index (Phi) is 6.11. The van der Waals surface area contributed by atoms with E-state index in [1.54, 1.807) is 12.7 Å². The molecule has 170 valence electrons. The molecule has 1 atom stereocenters. The molecule has 0 radical (unpaired) electrons. The lowest BCUT2D eigenvalue weighted by molar-refractivity contribution is -0.183. The number of hydrogen-bond acceptors (Lipinski definition) is 4. The van der Waals surface area contributed by atoms with Gasteiger partial charge in [-0.25, -0.2) is 0 Å². The van der Waals surface area contributed by atoms with Gasteiger partial charge in [-0.15, -0.1) is 0 Å². The first-order valence-electron chi connectivity index (χ1n) is 11.9. The monoisotopic (exact) mass is 434 g/mol. The fraction of sp³-hybridized carbons (Fsp3) is 0.500. The van der Waals surface area contributed by atoms with Crippen LogP contribution in [0.15, 0.2) is 54.1 Å². The quantitative estimate of drug-likeness (QED) is 0.544. The molecule has 2 spiro atoms. The Labute approximate surface area is 191 Å². The third-order valence-electron chi connectivity index (χ3n) is 7.50. The molecule has 1 saturated heterocycles. The van der Waals surface area contributed by atoms with Gasteiger partial charge in [-0.05, 0) is 54.0 Å². The second-order valence-corrected chi connectivity index (χ2v) is 9.62. The first-order chi connectivity index (χ1) is 15.6. The van der Waals surface area contributed by atoms with Gasteiger partial charge in [-0.1, -0.05) is 55.0 Å². The average molecular weight is 435 g/mol. The van der Waals surface area contributed by atoms with Crippen LogP contribution in [0.3, 0.4) is 0 Å². The van der Waals surface area contributed by atoms with E-state index in [0.29, 0.717) is 12.5 Å². The lowest BCUT2D eigenvalue weighted by Crippen LogP contribution is -2.42. The Bertz CT molecular complexity index is 946. The van der Waals surface area contributed by atoms with Crippen LogP contribution >= 0.6 is 0 Å². The van der Waals surface area contributed by atoms with E-state index in [-0.39, 0.29) is 11.2 Å². The van der Waals surface area contributed by atoms with Gasteiger partial charge in [0.2, 0.25) is 0 Å². The summed E-state index contributed by atoms with van der Waals surface area (Å²) in [6.45, 7) is 5.16. The molecule has 32 heavy (non-hydrogen) atoms. The smallest absolute Gasteiger partial charge is 0.168 e. The summed E-state index contributed by atoms with van der Waals surface area (Å²) in [6.07, 6.45) is 7.64. The summed E-state index contributed by atoms with van der Waals surface area (Å²) in [7, 11) is 1.69. The number of ether oxygens (including phenoxy) is 4. The van der Waals surface area contributed by atoms with E-state index in [9.17, 15) is 0 Å². The number of allylic oxidation sites excluding steroid dienone is 1. The molecular weight excluding hydrogens is 400 g/mol. The fourth-order valence-electron chi connectivity index (χ4n) is 5.78. The lowest BCUT2D eigenvalue weighted by Gasteiger charge is -2.44. The molecule has 2 aromatic rings. The number of fused-ring (bicyclic) bond motifs is 2. The molecule has 2 aromatic carbocycles. The van der Waals surface area contributed by atoms with Crippen LogP contribution < -0.4 is 4.74 Å². The Morgan fingerprint density at radius 3 is 2.38 bits per heavy atom. The van der Waals surface area contributed by atoms with Crippen molar-refractivity contribution < 1.29 is 18.9 Å². The van der Waals surface area contributed by atoms with Crippen LogP contribution in [-0.2, 0) is 26.2 Å². The minimum absolute atomic E-state index is 0.126. The zero-order chi connectivity index (χ0) is 22.0. The van der Waals surface area contributed by atoms with Gasteiger partial charge >= 0.3 is 0 Å². The second kappa shape index (κ2) is 9.01. The standard InChI is InChI=1S/C28H34O4/c1-21(19-30-20-22-7-9-25(29-2)10-8-22)17-24-18-23-5-3-4-6-26(23)27(24)11-13-28(14-12-27)31-15-16-32-28/h3-10,18,21H,11-17,19-20H2,1-2H3/t21-/m1/s1. The second-order valence-electron chi connectivity index (χ2n) is 9.62. The van der Waals surface area contributed by atoms with Gasteiger partial charge in [-0.2, -0.15) is 0 Å². The number of methoxy groups -OCH3 is 1. The summed E-state index contributed by atoms with van der Waals surface area (Å²) in [5.74, 6) is 1.00. The molecule has 1 saturated carbocycles. The lowest BCUT2D eigenvalue weighted by atomic mass is 9.64. The van der Waals surface area contributed by atoms with Crippen molar-refractivity contribution in [2.45, 2.75) is 56.8 Å². The molecule has 1 heterocycles. The molecule has 2 fully saturated rings. The maximum absolute atomic E-state index is 6.09. The van der Waals surface area contributed by atoms with Crippen molar-refractivity contribution in [1.82, 2.24) is 0 Å². The van der Waals surface area contributed by atoms with Crippen molar-refractivity contribution in [2.75, 3.05) is 26.9 Å². The van der Waals surface area contributed by atoms with E-state index in [4.69, 9.17) is 18.9 Å². The maximum Gasteiger partial charge on any atom is 0.168 e. The van der Waals surface area contributed by atoms with Crippen molar-refractivity contribution >= 4 is 6.08 Å². The first kappa shape index (κ1) is 21.7. The Balaban J connectivity index is 1.23. The average Bonchev–Trinajstić information content (AvgIpc) is 3.39. The van der Waals surface area contributed by atoms with Gasteiger partial charge in [-0.3, -0.25) is 0 Å². The predicted octanol–water partition coefficient (Wildman–Crippen LogP) is 5.89. The van der Waals surface area contributed by atoms with Crippen molar-refractivity contribution in [3.05, 3.63) is 70.8 Å². The Morgan fingerprint density at radius 2 is 1.66 bits per heavy atom. The summed E-state index contributed by atoms with van der Waals surface area (Å²) in [5, 5.41) is 0. The summed E-state index contributed by atoms with van der Waals surface area (Å²) >= 11 is 0. The molecule has 0 unspecified atom stereocenters. The van der Waals surface area contributed by atoms with Gasteiger partial charge in [0.15, 0.2) is 5.79 Å². The highest BCUT2D eigenvalue weighted by Gasteiger charge is 2.50. The molecule has 0 bridgehead atoms. The van der Waals surface area contributed by atoms with Crippen molar-refractivity contribution in [1.29, 1.82) is 0 Å². The number of rotatable bonds is 7. The Morgan fingerprint density at radius 1 is 0.938 bits per heavy atom. The van der Waals surface area contributed by atoms with Crippen LogP contribution in [0.5, 0.6) is 5.75 Å². The van der Waals surface area contributed by atoms with Gasteiger partial charge in [0, 0.05) is 24.9 Å². The van der Waals surface area contributed by atoms with Gasteiger partial charge < -0.3 is 18.9 Å². The van der Waals surface area contributed by atoms with Crippen LogP contribution in [0.25, 0.3) is 6.08 Å². The van der Waals surface area contributed by atoms with Gasteiger partial charge in [0.25, 0.3) is 0 Å². The van der Waals surface area contributed by atoms with Gasteiger partial charge in [0.1, 0.15) is 5.75 Å². The highest BCUT2D eigenvalue weighted by Crippen LogP contribution is 2.55. The van der Waals surface area contributed by atoms with Crippen LogP contribution in [0.4, 0.5) is 0 Å². The Hall–Kier alpha value is -2.14. The van der Waals surface area contributed by atoms with Gasteiger partial charge in [0.05, 0.1) is 26.9 Å². The maximum atomic E-state index is 6.09. The SMILES string of the molecule is COc1ccc(COC[C@H](C)CC2=Cc3ccccc3C23CCC2(CC3)OCCO2)cc1. The molecule has 0 N–H and O–H groups in total. The third-order valence-corrected chi connectivity index (χ3v) is 7.50. The van der Waals surface area contributed by atoms with E-state index in [1.807, 2.05) is 12.1 Å². The topological polar surface area (TPSA) is 36.9 Å². The normalized spacial score (nSPS) is 21.5. The minimum Gasteiger partial charge on any atom is -0.497 e. The number of hydrogen-bond donors (Lipinski definition) is 0. The molecule has 3 aliphatic rings. The third kappa shape index (κ3) is 4.12. The highest BCUT2D eigenvalue weighted by atomic mass is 16.7. The molecule has 0 amide bonds.